The van der Waals surface area contributed by atoms with Crippen molar-refractivity contribution in [2.45, 2.75) is 20.3 Å². The van der Waals surface area contributed by atoms with Crippen LogP contribution in [0.1, 0.15) is 20.3 Å². The Balaban J connectivity index is 0. The van der Waals surface area contributed by atoms with Crippen molar-refractivity contribution in [2.75, 3.05) is 12.4 Å². The van der Waals surface area contributed by atoms with Gasteiger partial charge in [0.15, 0.2) is 0 Å². The largest absolute Gasteiger partial charge is 0.481 e. The van der Waals surface area contributed by atoms with Crippen LogP contribution in [0.3, 0.4) is 0 Å². The number of thiol groups is 1. The van der Waals surface area contributed by atoms with Crippen LogP contribution in [-0.2, 0) is 14.3 Å². The van der Waals surface area contributed by atoms with Crippen molar-refractivity contribution < 1.29 is 19.4 Å². The van der Waals surface area contributed by atoms with Crippen LogP contribution in [0.25, 0.3) is 0 Å². The van der Waals surface area contributed by atoms with Crippen LogP contribution in [0.15, 0.2) is 0 Å². The van der Waals surface area contributed by atoms with E-state index in [1.165, 1.54) is 0 Å². The maximum Gasteiger partial charge on any atom is 0.306 e. The lowest BCUT2D eigenvalue weighted by Gasteiger charge is -1.96. The van der Waals surface area contributed by atoms with Gasteiger partial charge in [-0.1, -0.05) is 0 Å². The second kappa shape index (κ2) is 10.3. The third-order valence-electron chi connectivity index (χ3n) is 0.621. The lowest BCUT2D eigenvalue weighted by atomic mass is 10.5. The maximum absolute atomic E-state index is 10.4. The molecule has 12 heavy (non-hydrogen) atoms. The average molecular weight is 194 g/mol. The van der Waals surface area contributed by atoms with Gasteiger partial charge < -0.3 is 9.84 Å². The molecule has 0 aromatic heterocycles. The van der Waals surface area contributed by atoms with E-state index >= 15 is 0 Å². The van der Waals surface area contributed by atoms with Crippen LogP contribution in [-0.4, -0.2) is 29.4 Å². The van der Waals surface area contributed by atoms with Gasteiger partial charge in [0.25, 0.3) is 5.97 Å². The fraction of sp³-hybridized carbons (Fsp3) is 0.714. The molecule has 0 unspecified atom stereocenters. The summed E-state index contributed by atoms with van der Waals surface area (Å²) in [6.07, 6.45) is 0.414. The molecular formula is C7H14O4S. The first-order valence-corrected chi connectivity index (χ1v) is 4.13. The van der Waals surface area contributed by atoms with Gasteiger partial charge in [-0.2, -0.15) is 12.6 Å². The lowest BCUT2D eigenvalue weighted by molar-refractivity contribution is -0.142. The van der Waals surface area contributed by atoms with Crippen LogP contribution in [0.5, 0.6) is 0 Å². The lowest BCUT2D eigenvalue weighted by Crippen LogP contribution is -2.03. The van der Waals surface area contributed by atoms with Gasteiger partial charge in [0, 0.05) is 12.7 Å². The van der Waals surface area contributed by atoms with Gasteiger partial charge >= 0.3 is 5.97 Å². The number of carboxylic acids is 1. The molecular weight excluding hydrogens is 180 g/mol. The first kappa shape index (κ1) is 13.9. The number of aliphatic carboxylic acids is 1. The molecule has 1 N–H and O–H groups in total. The normalized spacial score (nSPS) is 7.92. The number of carboxylic acid groups (broad SMARTS) is 1. The molecule has 0 bridgehead atoms. The van der Waals surface area contributed by atoms with Crippen molar-refractivity contribution >= 4 is 24.6 Å². The monoisotopic (exact) mass is 194 g/mol. The molecule has 0 aliphatic heterocycles. The molecule has 72 valence electrons. The van der Waals surface area contributed by atoms with Crippen molar-refractivity contribution in [3.63, 3.8) is 0 Å². The standard InChI is InChI=1S/C5H10O2S.C2H4O2/c1-2-7-5(6)3-4-8;1-2(3)4/h8H,2-4H2,1H3;1H3,(H,3,4). The zero-order valence-corrected chi connectivity index (χ0v) is 8.13. The van der Waals surface area contributed by atoms with E-state index in [9.17, 15) is 4.79 Å². The Labute approximate surface area is 77.3 Å². The number of carbonyl (C=O) groups excluding carboxylic acids is 1. The number of hydrogen-bond donors (Lipinski definition) is 2. The fourth-order valence-electron chi connectivity index (χ4n) is 0.324. The van der Waals surface area contributed by atoms with Crippen LogP contribution in [0.2, 0.25) is 0 Å². The van der Waals surface area contributed by atoms with Crippen LogP contribution < -0.4 is 0 Å². The molecule has 4 nitrogen and oxygen atoms in total. The molecule has 0 aromatic rings. The summed E-state index contributed by atoms with van der Waals surface area (Å²) < 4.78 is 4.59. The molecule has 0 fully saturated rings. The second-order valence-electron chi connectivity index (χ2n) is 1.80. The summed E-state index contributed by atoms with van der Waals surface area (Å²) in [6, 6.07) is 0. The van der Waals surface area contributed by atoms with Crippen molar-refractivity contribution in [1.82, 2.24) is 0 Å². The van der Waals surface area contributed by atoms with Gasteiger partial charge in [-0.15, -0.1) is 0 Å². The van der Waals surface area contributed by atoms with E-state index in [0.29, 0.717) is 18.8 Å². The van der Waals surface area contributed by atoms with Crippen molar-refractivity contribution in [1.29, 1.82) is 0 Å². The second-order valence-corrected chi connectivity index (χ2v) is 2.24. The van der Waals surface area contributed by atoms with E-state index in [2.05, 4.69) is 17.4 Å². The van der Waals surface area contributed by atoms with Gasteiger partial charge in [0.1, 0.15) is 0 Å². The summed E-state index contributed by atoms with van der Waals surface area (Å²) in [5.74, 6) is -0.429. The summed E-state index contributed by atoms with van der Waals surface area (Å²) in [5.41, 5.74) is 0. The minimum Gasteiger partial charge on any atom is -0.481 e. The number of carbonyl (C=O) groups is 2. The third-order valence-corrected chi connectivity index (χ3v) is 0.845. The van der Waals surface area contributed by atoms with E-state index in [4.69, 9.17) is 9.90 Å². The van der Waals surface area contributed by atoms with Gasteiger partial charge in [0.05, 0.1) is 13.0 Å². The SMILES string of the molecule is CC(=O)O.CCOC(=O)CCS. The summed E-state index contributed by atoms with van der Waals surface area (Å²) in [6.45, 7) is 3.34. The average Bonchev–Trinajstić information content (AvgIpc) is 1.87. The van der Waals surface area contributed by atoms with Crippen LogP contribution in [0, 0.1) is 0 Å². The first-order chi connectivity index (χ1) is 5.54. The molecule has 0 heterocycles. The molecule has 0 saturated carbocycles. The molecule has 0 rings (SSSR count). The van der Waals surface area contributed by atoms with E-state index in [1.54, 1.807) is 6.92 Å². The zero-order valence-electron chi connectivity index (χ0n) is 7.24. The first-order valence-electron chi connectivity index (χ1n) is 3.50. The number of hydrogen-bond acceptors (Lipinski definition) is 4. The third kappa shape index (κ3) is 22.8. The maximum atomic E-state index is 10.4. The highest BCUT2D eigenvalue weighted by molar-refractivity contribution is 7.80. The molecule has 0 aromatic carbocycles. The van der Waals surface area contributed by atoms with E-state index in [-0.39, 0.29) is 5.97 Å². The van der Waals surface area contributed by atoms with Crippen molar-refractivity contribution in [3.05, 3.63) is 0 Å². The summed E-state index contributed by atoms with van der Waals surface area (Å²) in [5, 5.41) is 7.42. The Bertz CT molecular complexity index is 123. The summed E-state index contributed by atoms with van der Waals surface area (Å²) in [4.78, 5) is 19.4. The highest BCUT2D eigenvalue weighted by atomic mass is 32.1. The van der Waals surface area contributed by atoms with Gasteiger partial charge in [-0.05, 0) is 6.92 Å². The highest BCUT2D eigenvalue weighted by Gasteiger charge is 1.95. The fourth-order valence-corrected chi connectivity index (χ4v) is 0.507. The molecule has 0 amide bonds. The predicted octanol–water partition coefficient (Wildman–Crippen LogP) is 0.960. The van der Waals surface area contributed by atoms with E-state index < -0.39 is 5.97 Å². The Morgan fingerprint density at radius 3 is 2.17 bits per heavy atom. The summed E-state index contributed by atoms with van der Waals surface area (Å²) in [7, 11) is 0. The smallest absolute Gasteiger partial charge is 0.306 e. The molecule has 5 heteroatoms. The van der Waals surface area contributed by atoms with Crippen LogP contribution in [0.4, 0.5) is 0 Å². The number of ether oxygens (including phenoxy) is 1. The number of esters is 1. The molecule has 0 aliphatic carbocycles. The Morgan fingerprint density at radius 2 is 1.92 bits per heavy atom. The molecule has 0 spiro atoms. The van der Waals surface area contributed by atoms with Gasteiger partial charge in [-0.25, -0.2) is 0 Å². The predicted molar refractivity (Wildman–Crippen MR) is 48.4 cm³/mol. The van der Waals surface area contributed by atoms with Crippen LogP contribution >= 0.6 is 12.6 Å². The molecule has 0 radical (unpaired) electrons. The van der Waals surface area contributed by atoms with E-state index in [1.807, 2.05) is 0 Å². The minimum atomic E-state index is -0.833. The van der Waals surface area contributed by atoms with Gasteiger partial charge in [-0.3, -0.25) is 9.59 Å². The quantitative estimate of drug-likeness (QED) is 0.519. The minimum absolute atomic E-state index is 0.164. The summed E-state index contributed by atoms with van der Waals surface area (Å²) >= 11 is 3.85. The van der Waals surface area contributed by atoms with E-state index in [0.717, 1.165) is 6.92 Å². The highest BCUT2D eigenvalue weighted by Crippen LogP contribution is 1.87. The number of rotatable bonds is 3. The van der Waals surface area contributed by atoms with Crippen molar-refractivity contribution in [2.24, 2.45) is 0 Å². The molecule has 0 atom stereocenters. The Kier molecular flexibility index (Phi) is 11.9. The molecule has 0 aliphatic rings. The Hall–Kier alpha value is -0.710. The zero-order chi connectivity index (χ0) is 9.98. The molecule has 0 saturated heterocycles. The van der Waals surface area contributed by atoms with Gasteiger partial charge in [0.2, 0.25) is 0 Å². The van der Waals surface area contributed by atoms with Crippen molar-refractivity contribution in [3.8, 4) is 0 Å². The Morgan fingerprint density at radius 1 is 1.50 bits per heavy atom. The topological polar surface area (TPSA) is 63.6 Å².